The topological polar surface area (TPSA) is 156 Å². The molecule has 230 valence electrons. The zero-order valence-electron chi connectivity index (χ0n) is 24.3. The quantitative estimate of drug-likeness (QED) is 0.169. The molecule has 0 aromatic heterocycles. The van der Waals surface area contributed by atoms with Crippen molar-refractivity contribution in [2.24, 2.45) is 10.1 Å². The summed E-state index contributed by atoms with van der Waals surface area (Å²) in [5.74, 6) is 0.148. The molecule has 1 fully saturated rings. The third-order valence-corrected chi connectivity index (χ3v) is 9.61. The van der Waals surface area contributed by atoms with Crippen LogP contribution in [0.2, 0.25) is 0 Å². The van der Waals surface area contributed by atoms with E-state index in [4.69, 9.17) is 25.1 Å². The van der Waals surface area contributed by atoms with Gasteiger partial charge in [-0.3, -0.25) is 4.79 Å². The molecule has 3 aromatic rings. The second-order valence-electron chi connectivity index (χ2n) is 10.8. The summed E-state index contributed by atoms with van der Waals surface area (Å²) in [6.07, 6.45) is 2.03. The molecular weight excluding hydrogens is 582 g/mol. The lowest BCUT2D eigenvalue weighted by Crippen LogP contribution is -2.52. The van der Waals surface area contributed by atoms with E-state index in [-0.39, 0.29) is 35.5 Å². The number of rotatable bonds is 12. The summed E-state index contributed by atoms with van der Waals surface area (Å²) in [5.41, 5.74) is 7.14. The highest BCUT2D eigenvalue weighted by atomic mass is 32.2. The number of nitrogens with one attached hydrogen (secondary N) is 1. The van der Waals surface area contributed by atoms with Crippen LogP contribution >= 0.6 is 0 Å². The van der Waals surface area contributed by atoms with Crippen LogP contribution in [0.1, 0.15) is 49.3 Å². The zero-order valence-corrected chi connectivity index (χ0v) is 25.2. The van der Waals surface area contributed by atoms with Crippen molar-refractivity contribution in [2.45, 2.75) is 48.6 Å². The number of amides is 1. The fourth-order valence-corrected chi connectivity index (χ4v) is 6.98. The lowest BCUT2D eigenvalue weighted by Gasteiger charge is -2.37. The minimum Gasteiger partial charge on any atom is -0.494 e. The summed E-state index contributed by atoms with van der Waals surface area (Å²) in [5, 5.41) is 13.0. The van der Waals surface area contributed by atoms with Crippen LogP contribution < -0.4 is 9.65 Å². The van der Waals surface area contributed by atoms with Crippen molar-refractivity contribution in [3.63, 3.8) is 0 Å². The minimum absolute atomic E-state index is 0.0263. The van der Waals surface area contributed by atoms with Crippen molar-refractivity contribution in [1.29, 1.82) is 5.53 Å². The highest BCUT2D eigenvalue weighted by Crippen LogP contribution is 2.46. The number of nitrogens with zero attached hydrogens (tertiary/aromatic N) is 4. The van der Waals surface area contributed by atoms with Crippen LogP contribution in [0.15, 0.2) is 93.9 Å². The molecule has 0 aliphatic carbocycles. The van der Waals surface area contributed by atoms with Gasteiger partial charge in [0.15, 0.2) is 32.3 Å². The van der Waals surface area contributed by atoms with Gasteiger partial charge in [0.1, 0.15) is 11.3 Å². The van der Waals surface area contributed by atoms with Crippen LogP contribution in [0.5, 0.6) is 5.75 Å². The van der Waals surface area contributed by atoms with Crippen LogP contribution in [0.25, 0.3) is 0 Å². The Morgan fingerprint density at radius 1 is 1.05 bits per heavy atom. The molecule has 1 saturated heterocycles. The van der Waals surface area contributed by atoms with E-state index in [0.29, 0.717) is 48.7 Å². The standard InChI is InChI=1S/C32H36N5O6S/c33-36-35-28-13-6-5-12-27(28)29-32(31(39)37-19-7-2-8-20-37,18-23-44(40,41)26-10-3-1-4-11-26)34-30(43-29)24-14-16-25(17-15-24)42-22-9-21-38/h1,3-6,10-17,29,33,38H,2,7-9,18-23H2/q+1/t29-,32-/m0/s1. The van der Waals surface area contributed by atoms with Crippen molar-refractivity contribution in [2.75, 3.05) is 32.1 Å². The first kappa shape index (κ1) is 31.1. The largest absolute Gasteiger partial charge is 0.494 e. The Labute approximate surface area is 256 Å². The van der Waals surface area contributed by atoms with Gasteiger partial charge in [0, 0.05) is 43.7 Å². The van der Waals surface area contributed by atoms with Gasteiger partial charge in [-0.1, -0.05) is 36.4 Å². The number of aliphatic hydroxyl groups is 1. The minimum atomic E-state index is -3.78. The Morgan fingerprint density at radius 3 is 2.45 bits per heavy atom. The van der Waals surface area contributed by atoms with Crippen molar-refractivity contribution < 1.29 is 27.8 Å². The summed E-state index contributed by atoms with van der Waals surface area (Å²) in [6.45, 7) is 1.47. The predicted molar refractivity (Wildman–Crippen MR) is 164 cm³/mol. The molecule has 2 heterocycles. The SMILES string of the molecule is N=[N+]=Nc1ccccc1[C@@H]1OC(c2ccc(OCCCO)cc2)=N[C@]1(CCS(=O)(=O)c1ccccc1)C(=O)N1CCCCC1. The molecule has 2 atom stereocenters. The number of carbonyl (C=O) groups is 1. The van der Waals surface area contributed by atoms with Gasteiger partial charge >= 0.3 is 0 Å². The number of ether oxygens (including phenoxy) is 2. The maximum Gasteiger partial charge on any atom is 0.254 e. The van der Waals surface area contributed by atoms with Crippen molar-refractivity contribution in [3.8, 4) is 5.75 Å². The molecule has 2 N–H and O–H groups in total. The number of benzene rings is 3. The predicted octanol–water partition coefficient (Wildman–Crippen LogP) is 4.76. The van der Waals surface area contributed by atoms with Crippen molar-refractivity contribution >= 4 is 27.3 Å². The maximum atomic E-state index is 14.6. The van der Waals surface area contributed by atoms with Gasteiger partial charge in [0.25, 0.3) is 5.91 Å². The first-order valence-corrected chi connectivity index (χ1v) is 16.4. The second kappa shape index (κ2) is 13.9. The number of sulfone groups is 1. The van der Waals surface area contributed by atoms with E-state index in [9.17, 15) is 13.2 Å². The average molecular weight is 619 g/mol. The number of carbonyl (C=O) groups excluding carboxylic acids is 1. The van der Waals surface area contributed by atoms with Gasteiger partial charge in [0.2, 0.25) is 10.8 Å². The zero-order chi connectivity index (χ0) is 31.0. The highest BCUT2D eigenvalue weighted by molar-refractivity contribution is 7.91. The number of hydrogen-bond donors (Lipinski definition) is 2. The van der Waals surface area contributed by atoms with Crippen LogP contribution in [-0.2, 0) is 19.4 Å². The molecule has 0 radical (unpaired) electrons. The van der Waals surface area contributed by atoms with Crippen LogP contribution in [0, 0.1) is 5.53 Å². The molecule has 3 aromatic carbocycles. The Kier molecular flexibility index (Phi) is 9.84. The first-order valence-electron chi connectivity index (χ1n) is 14.7. The van der Waals surface area contributed by atoms with E-state index in [2.05, 4.69) is 10.0 Å². The van der Waals surface area contributed by atoms with E-state index in [1.807, 2.05) is 0 Å². The molecule has 0 unspecified atom stereocenters. The summed E-state index contributed by atoms with van der Waals surface area (Å²) in [7, 11) is -3.78. The molecule has 12 heteroatoms. The fraction of sp³-hybridized carbons (Fsp3) is 0.375. The molecule has 2 aliphatic heterocycles. The van der Waals surface area contributed by atoms with Gasteiger partial charge in [-0.25, -0.2) is 13.4 Å². The van der Waals surface area contributed by atoms with Crippen LogP contribution in [0.3, 0.4) is 0 Å². The van der Waals surface area contributed by atoms with E-state index in [1.165, 1.54) is 0 Å². The first-order chi connectivity index (χ1) is 21.4. The smallest absolute Gasteiger partial charge is 0.254 e. The van der Waals surface area contributed by atoms with Gasteiger partial charge in [-0.15, -0.1) is 0 Å². The normalized spacial score (nSPS) is 19.9. The van der Waals surface area contributed by atoms with Crippen LogP contribution in [0.4, 0.5) is 5.69 Å². The van der Waals surface area contributed by atoms with E-state index in [1.54, 1.807) is 83.8 Å². The molecule has 0 spiro atoms. The van der Waals surface area contributed by atoms with Gasteiger partial charge < -0.3 is 19.5 Å². The fourth-order valence-electron chi connectivity index (χ4n) is 5.59. The number of aliphatic imine (C=N–C) groups is 1. The third kappa shape index (κ3) is 6.72. The number of aliphatic hydroxyl groups excluding tert-OH is 1. The lowest BCUT2D eigenvalue weighted by atomic mass is 9.83. The molecule has 5 rings (SSSR count). The van der Waals surface area contributed by atoms with Gasteiger partial charge in [-0.05, 0) is 61.7 Å². The molecule has 1 amide bonds. The Morgan fingerprint density at radius 2 is 1.75 bits per heavy atom. The highest BCUT2D eigenvalue weighted by Gasteiger charge is 2.56. The molecule has 11 nitrogen and oxygen atoms in total. The van der Waals surface area contributed by atoms with Gasteiger partial charge in [-0.2, -0.15) is 0 Å². The lowest BCUT2D eigenvalue weighted by molar-refractivity contribution is -0.140. The van der Waals surface area contributed by atoms with E-state index >= 15 is 0 Å². The molecule has 2 aliphatic rings. The molecule has 0 bridgehead atoms. The molecule has 44 heavy (non-hydrogen) atoms. The summed E-state index contributed by atoms with van der Waals surface area (Å²) < 4.78 is 39.3. The summed E-state index contributed by atoms with van der Waals surface area (Å²) >= 11 is 0. The van der Waals surface area contributed by atoms with E-state index < -0.39 is 21.5 Å². The monoisotopic (exact) mass is 618 g/mol. The molecular formula is C32H36N5O6S+. The number of hydrogen-bond acceptors (Lipinski definition) is 9. The average Bonchev–Trinajstić information content (AvgIpc) is 3.46. The van der Waals surface area contributed by atoms with Gasteiger partial charge in [0.05, 0.1) is 17.3 Å². The second-order valence-corrected chi connectivity index (χ2v) is 12.9. The number of piperidine rings is 1. The van der Waals surface area contributed by atoms with E-state index in [0.717, 1.165) is 19.3 Å². The molecule has 0 saturated carbocycles. The Hall–Kier alpha value is -4.38. The maximum absolute atomic E-state index is 14.6. The Bertz CT molecular complexity index is 1640. The number of likely N-dealkylation sites (tertiary alicyclic amines) is 1. The van der Waals surface area contributed by atoms with Crippen LogP contribution in [-0.4, -0.2) is 67.8 Å². The Balaban J connectivity index is 1.61. The summed E-state index contributed by atoms with van der Waals surface area (Å²) in [4.78, 5) is 24.7. The van der Waals surface area contributed by atoms with Crippen molar-refractivity contribution in [3.05, 3.63) is 90.0 Å². The summed E-state index contributed by atoms with van der Waals surface area (Å²) in [6, 6.07) is 22.1. The van der Waals surface area contributed by atoms with Crippen molar-refractivity contribution in [1.82, 2.24) is 9.81 Å². The third-order valence-electron chi connectivity index (χ3n) is 7.88.